The van der Waals surface area contributed by atoms with Crippen LogP contribution in [-0.4, -0.2) is 41.5 Å². The van der Waals surface area contributed by atoms with E-state index in [1.165, 1.54) is 0 Å². The average Bonchev–Trinajstić information content (AvgIpc) is 3.35. The Morgan fingerprint density at radius 3 is 2.68 bits per heavy atom. The first-order valence-corrected chi connectivity index (χ1v) is 9.54. The Hall–Kier alpha value is -2.93. The molecule has 3 aliphatic heterocycles. The van der Waals surface area contributed by atoms with Crippen molar-refractivity contribution in [1.82, 2.24) is 4.90 Å². The number of para-hydroxylation sites is 1. The van der Waals surface area contributed by atoms with Crippen LogP contribution in [0.4, 0.5) is 5.69 Å². The SMILES string of the molecule is COc1ccc([C@H]2[C@H]([N+](=O)[O-])C3CCCN3C23C(=O)Nc2ccccc23)cc1. The van der Waals surface area contributed by atoms with E-state index in [4.69, 9.17) is 4.74 Å². The summed E-state index contributed by atoms with van der Waals surface area (Å²) in [7, 11) is 1.59. The predicted molar refractivity (Wildman–Crippen MR) is 103 cm³/mol. The van der Waals surface area contributed by atoms with Crippen molar-refractivity contribution in [1.29, 1.82) is 0 Å². The highest BCUT2D eigenvalue weighted by molar-refractivity contribution is 6.07. The third-order valence-corrected chi connectivity index (χ3v) is 6.59. The molecular formula is C21H21N3O4. The van der Waals surface area contributed by atoms with Crippen molar-refractivity contribution in [3.05, 3.63) is 69.8 Å². The van der Waals surface area contributed by atoms with E-state index in [0.717, 1.165) is 29.7 Å². The lowest BCUT2D eigenvalue weighted by Crippen LogP contribution is -2.50. The molecule has 2 fully saturated rings. The summed E-state index contributed by atoms with van der Waals surface area (Å²) in [5, 5.41) is 15.2. The summed E-state index contributed by atoms with van der Waals surface area (Å²) < 4.78 is 5.25. The molecule has 5 rings (SSSR count). The lowest BCUT2D eigenvalue weighted by molar-refractivity contribution is -0.527. The van der Waals surface area contributed by atoms with Crippen molar-refractivity contribution >= 4 is 11.6 Å². The van der Waals surface area contributed by atoms with Crippen LogP contribution in [0.1, 0.15) is 29.9 Å². The van der Waals surface area contributed by atoms with Gasteiger partial charge in [0.1, 0.15) is 11.3 Å². The zero-order valence-electron chi connectivity index (χ0n) is 15.5. The molecular weight excluding hydrogens is 358 g/mol. The minimum Gasteiger partial charge on any atom is -0.497 e. The number of hydrogen-bond donors (Lipinski definition) is 1. The number of fused-ring (bicyclic) bond motifs is 4. The van der Waals surface area contributed by atoms with Gasteiger partial charge in [-0.1, -0.05) is 30.3 Å². The molecule has 3 aliphatic rings. The van der Waals surface area contributed by atoms with Crippen molar-refractivity contribution in [2.75, 3.05) is 19.0 Å². The summed E-state index contributed by atoms with van der Waals surface area (Å²) in [4.78, 5) is 27.6. The van der Waals surface area contributed by atoms with E-state index in [1.54, 1.807) is 7.11 Å². The fourth-order valence-corrected chi connectivity index (χ4v) is 5.60. The lowest BCUT2D eigenvalue weighted by Gasteiger charge is -2.36. The van der Waals surface area contributed by atoms with Crippen LogP contribution in [0, 0.1) is 10.1 Å². The fraction of sp³-hybridized carbons (Fsp3) is 0.381. The molecule has 1 spiro atoms. The molecule has 7 heteroatoms. The molecule has 4 atom stereocenters. The predicted octanol–water partition coefficient (Wildman–Crippen LogP) is 2.75. The first-order valence-electron chi connectivity index (χ1n) is 9.54. The zero-order chi connectivity index (χ0) is 19.5. The molecule has 1 amide bonds. The Labute approximate surface area is 162 Å². The van der Waals surface area contributed by atoms with E-state index in [9.17, 15) is 14.9 Å². The van der Waals surface area contributed by atoms with Crippen LogP contribution >= 0.6 is 0 Å². The number of benzene rings is 2. The number of nitrogens with zero attached hydrogens (tertiary/aromatic N) is 2. The summed E-state index contributed by atoms with van der Waals surface area (Å²) in [5.74, 6) is -0.0432. The number of methoxy groups -OCH3 is 1. The van der Waals surface area contributed by atoms with Gasteiger partial charge in [-0.05, 0) is 36.6 Å². The van der Waals surface area contributed by atoms with Crippen LogP contribution in [0.15, 0.2) is 48.5 Å². The third-order valence-electron chi connectivity index (χ3n) is 6.59. The van der Waals surface area contributed by atoms with E-state index >= 15 is 0 Å². The molecule has 7 nitrogen and oxygen atoms in total. The van der Waals surface area contributed by atoms with Crippen LogP contribution in [0.3, 0.4) is 0 Å². The Bertz CT molecular complexity index is 960. The van der Waals surface area contributed by atoms with Gasteiger partial charge >= 0.3 is 0 Å². The van der Waals surface area contributed by atoms with E-state index in [1.807, 2.05) is 48.5 Å². The molecule has 2 unspecified atom stereocenters. The smallest absolute Gasteiger partial charge is 0.250 e. The first-order chi connectivity index (χ1) is 13.6. The van der Waals surface area contributed by atoms with Gasteiger partial charge < -0.3 is 10.1 Å². The number of anilines is 1. The Balaban J connectivity index is 1.77. The van der Waals surface area contributed by atoms with Gasteiger partial charge in [-0.25, -0.2) is 0 Å². The molecule has 0 aromatic heterocycles. The van der Waals surface area contributed by atoms with Gasteiger partial charge in [0.2, 0.25) is 6.04 Å². The quantitative estimate of drug-likeness (QED) is 0.655. The maximum Gasteiger partial charge on any atom is 0.250 e. The van der Waals surface area contributed by atoms with E-state index in [-0.39, 0.29) is 16.9 Å². The van der Waals surface area contributed by atoms with Crippen LogP contribution in [0.2, 0.25) is 0 Å². The first kappa shape index (κ1) is 17.2. The van der Waals surface area contributed by atoms with Crippen LogP contribution < -0.4 is 10.1 Å². The van der Waals surface area contributed by atoms with Crippen molar-refractivity contribution in [3.8, 4) is 5.75 Å². The number of ether oxygens (including phenoxy) is 1. The molecule has 3 heterocycles. The second-order valence-corrected chi connectivity index (χ2v) is 7.70. The van der Waals surface area contributed by atoms with Gasteiger partial charge in [0.05, 0.1) is 19.1 Å². The monoisotopic (exact) mass is 379 g/mol. The molecule has 0 aliphatic carbocycles. The molecule has 0 bridgehead atoms. The second-order valence-electron chi connectivity index (χ2n) is 7.70. The number of nitro groups is 1. The highest BCUT2D eigenvalue weighted by atomic mass is 16.6. The van der Waals surface area contributed by atoms with Crippen LogP contribution in [0.25, 0.3) is 0 Å². The fourth-order valence-electron chi connectivity index (χ4n) is 5.60. The molecule has 1 N–H and O–H groups in total. The van der Waals surface area contributed by atoms with Crippen LogP contribution in [0.5, 0.6) is 5.75 Å². The molecule has 2 aromatic carbocycles. The Kier molecular flexibility index (Phi) is 3.71. The molecule has 0 radical (unpaired) electrons. The highest BCUT2D eigenvalue weighted by Gasteiger charge is 2.71. The minimum absolute atomic E-state index is 0.161. The summed E-state index contributed by atoms with van der Waals surface area (Å²) >= 11 is 0. The minimum atomic E-state index is -1.05. The maximum atomic E-state index is 13.5. The van der Waals surface area contributed by atoms with Crippen molar-refractivity contribution in [2.45, 2.75) is 36.4 Å². The number of carbonyl (C=O) groups is 1. The van der Waals surface area contributed by atoms with Crippen molar-refractivity contribution < 1.29 is 14.5 Å². The average molecular weight is 379 g/mol. The molecule has 2 aromatic rings. The van der Waals surface area contributed by atoms with Gasteiger partial charge in [0, 0.05) is 22.7 Å². The molecule has 144 valence electrons. The number of carbonyl (C=O) groups excluding carboxylic acids is 1. The normalized spacial score (nSPS) is 30.9. The van der Waals surface area contributed by atoms with E-state index < -0.39 is 17.5 Å². The molecule has 0 saturated carbocycles. The summed E-state index contributed by atoms with van der Waals surface area (Å²) in [6.07, 6.45) is 1.59. The standard InChI is InChI=1S/C21H21N3O4/c1-28-14-10-8-13(9-11-14)18-19(24(26)27)17-7-4-12-23(17)21(18)15-5-2-3-6-16(15)22-20(21)25/h2-3,5-6,8-11,17-19H,4,7,12H2,1H3,(H,22,25)/t17?,18-,19+,21?/m0/s1. The molecule has 2 saturated heterocycles. The number of rotatable bonds is 3. The van der Waals surface area contributed by atoms with Gasteiger partial charge in [0.25, 0.3) is 5.91 Å². The van der Waals surface area contributed by atoms with Crippen molar-refractivity contribution in [3.63, 3.8) is 0 Å². The van der Waals surface area contributed by atoms with E-state index in [2.05, 4.69) is 10.2 Å². The second kappa shape index (κ2) is 6.04. The number of hydrogen-bond acceptors (Lipinski definition) is 5. The van der Waals surface area contributed by atoms with Gasteiger partial charge in [-0.15, -0.1) is 0 Å². The third kappa shape index (κ3) is 2.05. The highest BCUT2D eigenvalue weighted by Crippen LogP contribution is 2.59. The lowest BCUT2D eigenvalue weighted by atomic mass is 9.73. The van der Waals surface area contributed by atoms with E-state index in [0.29, 0.717) is 12.3 Å². The van der Waals surface area contributed by atoms with Crippen molar-refractivity contribution in [2.24, 2.45) is 0 Å². The van der Waals surface area contributed by atoms with Gasteiger partial charge in [-0.3, -0.25) is 19.8 Å². The summed E-state index contributed by atoms with van der Waals surface area (Å²) in [6.45, 7) is 0.684. The molecule has 28 heavy (non-hydrogen) atoms. The Morgan fingerprint density at radius 1 is 1.21 bits per heavy atom. The Morgan fingerprint density at radius 2 is 1.96 bits per heavy atom. The van der Waals surface area contributed by atoms with Crippen LogP contribution in [-0.2, 0) is 10.3 Å². The zero-order valence-corrected chi connectivity index (χ0v) is 15.5. The number of nitrogens with one attached hydrogen (secondary N) is 1. The topological polar surface area (TPSA) is 84.7 Å². The summed E-state index contributed by atoms with van der Waals surface area (Å²) in [6, 6.07) is 13.8. The largest absolute Gasteiger partial charge is 0.497 e. The summed E-state index contributed by atoms with van der Waals surface area (Å²) in [5.41, 5.74) is 1.34. The van der Waals surface area contributed by atoms with Gasteiger partial charge in [0.15, 0.2) is 0 Å². The number of amides is 1. The van der Waals surface area contributed by atoms with Gasteiger partial charge in [-0.2, -0.15) is 0 Å². The maximum absolute atomic E-state index is 13.5.